The van der Waals surface area contributed by atoms with E-state index in [1.807, 2.05) is 5.38 Å². The summed E-state index contributed by atoms with van der Waals surface area (Å²) in [6.07, 6.45) is 5.81. The van der Waals surface area contributed by atoms with Gasteiger partial charge in [-0.25, -0.2) is 4.98 Å². The van der Waals surface area contributed by atoms with Crippen LogP contribution in [0.25, 0.3) is 0 Å². The van der Waals surface area contributed by atoms with Crippen molar-refractivity contribution in [2.24, 2.45) is 0 Å². The molecule has 1 aromatic rings. The molecule has 1 fully saturated rings. The zero-order chi connectivity index (χ0) is 15.1. The highest BCUT2D eigenvalue weighted by Gasteiger charge is 2.17. The van der Waals surface area contributed by atoms with E-state index in [9.17, 15) is 4.79 Å². The van der Waals surface area contributed by atoms with E-state index in [-0.39, 0.29) is 6.42 Å². The van der Waals surface area contributed by atoms with Crippen molar-refractivity contribution in [3.05, 3.63) is 11.1 Å². The van der Waals surface area contributed by atoms with Crippen molar-refractivity contribution in [3.8, 4) is 0 Å². The van der Waals surface area contributed by atoms with Crippen LogP contribution in [0.2, 0.25) is 0 Å². The van der Waals surface area contributed by atoms with Gasteiger partial charge >= 0.3 is 5.97 Å². The van der Waals surface area contributed by atoms with E-state index in [2.05, 4.69) is 22.1 Å². The average Bonchev–Trinajstić information content (AvgIpc) is 2.91. The van der Waals surface area contributed by atoms with Crippen molar-refractivity contribution in [2.45, 2.75) is 51.5 Å². The number of carboxylic acid groups (broad SMARTS) is 1. The minimum absolute atomic E-state index is 0.149. The number of aromatic nitrogens is 1. The number of rotatable bonds is 8. The number of carbonyl (C=O) groups is 1. The van der Waals surface area contributed by atoms with Crippen LogP contribution in [0, 0.1) is 0 Å². The zero-order valence-corrected chi connectivity index (χ0v) is 13.5. The molecule has 0 bridgehead atoms. The summed E-state index contributed by atoms with van der Waals surface area (Å²) in [5.74, 6) is -0.770. The summed E-state index contributed by atoms with van der Waals surface area (Å²) in [5.41, 5.74) is 0.870. The van der Waals surface area contributed by atoms with E-state index >= 15 is 0 Å². The van der Waals surface area contributed by atoms with Crippen LogP contribution < -0.4 is 5.32 Å². The second kappa shape index (κ2) is 8.34. The van der Waals surface area contributed by atoms with E-state index in [4.69, 9.17) is 5.11 Å². The van der Waals surface area contributed by atoms with Crippen LogP contribution in [0.3, 0.4) is 0 Å². The molecule has 0 amide bonds. The Morgan fingerprint density at radius 2 is 2.43 bits per heavy atom. The van der Waals surface area contributed by atoms with Gasteiger partial charge in [-0.2, -0.15) is 0 Å². The van der Waals surface area contributed by atoms with E-state index < -0.39 is 5.97 Å². The van der Waals surface area contributed by atoms with Crippen LogP contribution in [0.1, 0.15) is 44.7 Å². The Balaban J connectivity index is 1.63. The largest absolute Gasteiger partial charge is 0.481 e. The summed E-state index contributed by atoms with van der Waals surface area (Å²) in [5, 5.41) is 14.8. The molecule has 0 saturated carbocycles. The monoisotopic (exact) mass is 311 g/mol. The predicted octanol–water partition coefficient (Wildman–Crippen LogP) is 2.84. The molecule has 5 nitrogen and oxygen atoms in total. The lowest BCUT2D eigenvalue weighted by Gasteiger charge is -2.33. The van der Waals surface area contributed by atoms with Crippen molar-refractivity contribution in [2.75, 3.05) is 25.0 Å². The lowest BCUT2D eigenvalue weighted by atomic mass is 10.0. The van der Waals surface area contributed by atoms with Gasteiger partial charge in [-0.05, 0) is 32.7 Å². The SMILES string of the molecule is CC1CCCCN1CCCNc1nc(CCC(=O)O)cs1. The first-order valence-electron chi connectivity index (χ1n) is 7.79. The first kappa shape index (κ1) is 16.2. The normalized spacial score (nSPS) is 19.6. The topological polar surface area (TPSA) is 65.5 Å². The van der Waals surface area contributed by atoms with Crippen molar-refractivity contribution in [3.63, 3.8) is 0 Å². The molecular formula is C15H25N3O2S. The summed E-state index contributed by atoms with van der Waals surface area (Å²) in [6, 6.07) is 0.723. The molecule has 2 N–H and O–H groups in total. The number of thiazole rings is 1. The number of aryl methyl sites for hydroxylation is 1. The molecule has 1 saturated heterocycles. The number of nitrogens with one attached hydrogen (secondary N) is 1. The van der Waals surface area contributed by atoms with Gasteiger partial charge in [-0.15, -0.1) is 11.3 Å². The minimum Gasteiger partial charge on any atom is -0.481 e. The van der Waals surface area contributed by atoms with E-state index in [0.29, 0.717) is 6.42 Å². The third-order valence-corrected chi connectivity index (χ3v) is 4.83. The van der Waals surface area contributed by atoms with Crippen LogP contribution in [0.5, 0.6) is 0 Å². The number of hydrogen-bond acceptors (Lipinski definition) is 5. The highest BCUT2D eigenvalue weighted by atomic mass is 32.1. The number of nitrogens with zero attached hydrogens (tertiary/aromatic N) is 2. The molecule has 0 aliphatic carbocycles. The van der Waals surface area contributed by atoms with Crippen LogP contribution in [0.15, 0.2) is 5.38 Å². The molecule has 0 spiro atoms. The van der Waals surface area contributed by atoms with Crippen LogP contribution in [0.4, 0.5) is 5.13 Å². The van der Waals surface area contributed by atoms with Gasteiger partial charge in [-0.3, -0.25) is 4.79 Å². The van der Waals surface area contributed by atoms with E-state index in [1.54, 1.807) is 11.3 Å². The highest BCUT2D eigenvalue weighted by Crippen LogP contribution is 2.18. The third-order valence-electron chi connectivity index (χ3n) is 3.99. The van der Waals surface area contributed by atoms with Gasteiger partial charge < -0.3 is 15.3 Å². The molecule has 1 aliphatic heterocycles. The minimum atomic E-state index is -0.770. The first-order valence-corrected chi connectivity index (χ1v) is 8.67. The quantitative estimate of drug-likeness (QED) is 0.723. The maximum atomic E-state index is 10.5. The molecule has 6 heteroatoms. The molecule has 21 heavy (non-hydrogen) atoms. The van der Waals surface area contributed by atoms with Crippen molar-refractivity contribution < 1.29 is 9.90 Å². The Kier molecular flexibility index (Phi) is 6.45. The lowest BCUT2D eigenvalue weighted by Crippen LogP contribution is -2.38. The molecule has 1 aliphatic rings. The van der Waals surface area contributed by atoms with E-state index in [0.717, 1.165) is 36.4 Å². The summed E-state index contributed by atoms with van der Waals surface area (Å²) >= 11 is 1.56. The Morgan fingerprint density at radius 3 is 3.19 bits per heavy atom. The summed E-state index contributed by atoms with van der Waals surface area (Å²) < 4.78 is 0. The number of carboxylic acids is 1. The number of hydrogen-bond donors (Lipinski definition) is 2. The van der Waals surface area contributed by atoms with Gasteiger partial charge in [0.2, 0.25) is 0 Å². The molecular weight excluding hydrogens is 286 g/mol. The Morgan fingerprint density at radius 1 is 1.57 bits per heavy atom. The number of anilines is 1. The van der Waals surface area contributed by atoms with Crippen LogP contribution >= 0.6 is 11.3 Å². The van der Waals surface area contributed by atoms with Crippen molar-refractivity contribution >= 4 is 22.4 Å². The van der Waals surface area contributed by atoms with Crippen LogP contribution in [-0.2, 0) is 11.2 Å². The Bertz CT molecular complexity index is 450. The molecule has 1 unspecified atom stereocenters. The summed E-state index contributed by atoms with van der Waals surface area (Å²) in [6.45, 7) is 5.63. The lowest BCUT2D eigenvalue weighted by molar-refractivity contribution is -0.136. The maximum absolute atomic E-state index is 10.5. The zero-order valence-electron chi connectivity index (χ0n) is 12.7. The first-order chi connectivity index (χ1) is 10.1. The summed E-state index contributed by atoms with van der Waals surface area (Å²) in [7, 11) is 0. The highest BCUT2D eigenvalue weighted by molar-refractivity contribution is 7.13. The van der Waals surface area contributed by atoms with Gasteiger partial charge in [-0.1, -0.05) is 6.42 Å². The molecule has 0 aromatic carbocycles. The fourth-order valence-electron chi connectivity index (χ4n) is 2.71. The fourth-order valence-corrected chi connectivity index (χ4v) is 3.48. The summed E-state index contributed by atoms with van der Waals surface area (Å²) in [4.78, 5) is 17.5. The van der Waals surface area contributed by atoms with Gasteiger partial charge in [0.15, 0.2) is 5.13 Å². The van der Waals surface area contributed by atoms with Gasteiger partial charge in [0.1, 0.15) is 0 Å². The smallest absolute Gasteiger partial charge is 0.303 e. The van der Waals surface area contributed by atoms with Gasteiger partial charge in [0.05, 0.1) is 12.1 Å². The fraction of sp³-hybridized carbons (Fsp3) is 0.733. The van der Waals surface area contributed by atoms with Crippen molar-refractivity contribution in [1.82, 2.24) is 9.88 Å². The van der Waals surface area contributed by atoms with E-state index in [1.165, 1.54) is 25.8 Å². The Labute approximate surface area is 130 Å². The molecule has 118 valence electrons. The predicted molar refractivity (Wildman–Crippen MR) is 86.1 cm³/mol. The molecule has 0 radical (unpaired) electrons. The number of piperidine rings is 1. The van der Waals surface area contributed by atoms with Gasteiger partial charge in [0, 0.05) is 30.9 Å². The second-order valence-corrected chi connectivity index (χ2v) is 6.56. The van der Waals surface area contributed by atoms with Crippen LogP contribution in [-0.4, -0.2) is 46.6 Å². The number of aliphatic carboxylic acids is 1. The molecule has 1 atom stereocenters. The van der Waals surface area contributed by atoms with Gasteiger partial charge in [0.25, 0.3) is 0 Å². The standard InChI is InChI=1S/C15H25N3O2S/c1-12-5-2-3-9-18(12)10-4-8-16-15-17-13(11-21-15)6-7-14(19)20/h11-12H,2-10H2,1H3,(H,16,17)(H,19,20). The third kappa shape index (κ3) is 5.63. The molecule has 1 aromatic heterocycles. The Hall–Kier alpha value is -1.14. The molecule has 2 heterocycles. The van der Waals surface area contributed by atoms with Crippen molar-refractivity contribution in [1.29, 1.82) is 0 Å². The second-order valence-electron chi connectivity index (χ2n) is 5.70. The molecule has 2 rings (SSSR count). The number of likely N-dealkylation sites (tertiary alicyclic amines) is 1. The maximum Gasteiger partial charge on any atom is 0.303 e. The average molecular weight is 311 g/mol.